The monoisotopic (exact) mass is 552 g/mol. The lowest BCUT2D eigenvalue weighted by Crippen LogP contribution is -2.57. The molecule has 0 bridgehead atoms. The van der Waals surface area contributed by atoms with Crippen molar-refractivity contribution >= 4 is 58.3 Å². The molecule has 1 saturated carbocycles. The van der Waals surface area contributed by atoms with Gasteiger partial charge in [-0.05, 0) is 74.1 Å². The van der Waals surface area contributed by atoms with Gasteiger partial charge >= 0.3 is 0 Å². The van der Waals surface area contributed by atoms with Gasteiger partial charge in [-0.3, -0.25) is 19.2 Å². The van der Waals surface area contributed by atoms with Crippen LogP contribution in [0, 0.1) is 23.6 Å². The minimum absolute atomic E-state index is 0.00138. The highest BCUT2D eigenvalue weighted by molar-refractivity contribution is 6.36. The topological polar surface area (TPSA) is 74.8 Å². The number of fused-ring (bicyclic) bond motifs is 1. The van der Waals surface area contributed by atoms with Crippen LogP contribution in [0.25, 0.3) is 0 Å². The standard InChI is InChI=1S/C26H24Cl3FN2O4/c1-14-2-8-18-20(12-14)26(36)32(24(18)34)31(25(35)19-9-5-16(28)13-21(19)29)22(10-11-27)23(33)15-3-6-17(30)7-4-15/h3-7,9,13-14,18,20,22H,2,8,10-12H2,1H3/t14-,18+,20-,22-/m1/s1. The molecule has 1 heterocycles. The molecule has 0 unspecified atom stereocenters. The lowest BCUT2D eigenvalue weighted by molar-refractivity contribution is -0.156. The zero-order chi connectivity index (χ0) is 26.1. The maximum atomic E-state index is 13.9. The first-order valence-corrected chi connectivity index (χ1v) is 12.9. The Morgan fingerprint density at radius 1 is 1.06 bits per heavy atom. The summed E-state index contributed by atoms with van der Waals surface area (Å²) in [5.41, 5.74) is 0.0769. The number of benzene rings is 2. The summed E-state index contributed by atoms with van der Waals surface area (Å²) < 4.78 is 13.5. The Kier molecular flexibility index (Phi) is 8.03. The highest BCUT2D eigenvalue weighted by Crippen LogP contribution is 2.42. The van der Waals surface area contributed by atoms with Crippen LogP contribution in [0.3, 0.4) is 0 Å². The summed E-state index contributed by atoms with van der Waals surface area (Å²) in [7, 11) is 0. The molecule has 2 aromatic rings. The fraction of sp³-hybridized carbons (Fsp3) is 0.385. The van der Waals surface area contributed by atoms with E-state index >= 15 is 0 Å². The number of hydrogen-bond donors (Lipinski definition) is 0. The van der Waals surface area contributed by atoms with Gasteiger partial charge in [0, 0.05) is 16.5 Å². The lowest BCUT2D eigenvalue weighted by atomic mass is 9.76. The van der Waals surface area contributed by atoms with E-state index in [9.17, 15) is 23.6 Å². The molecule has 2 fully saturated rings. The van der Waals surface area contributed by atoms with Gasteiger partial charge in [0.25, 0.3) is 17.7 Å². The van der Waals surface area contributed by atoms with Gasteiger partial charge in [-0.2, -0.15) is 5.01 Å². The third-order valence-electron chi connectivity index (χ3n) is 6.86. The van der Waals surface area contributed by atoms with E-state index in [0.717, 1.165) is 28.6 Å². The van der Waals surface area contributed by atoms with Crippen LogP contribution in [0.2, 0.25) is 10.0 Å². The molecule has 0 N–H and O–H groups in total. The molecular weight excluding hydrogens is 530 g/mol. The van der Waals surface area contributed by atoms with Crippen LogP contribution in [-0.4, -0.2) is 45.4 Å². The van der Waals surface area contributed by atoms with E-state index in [1.165, 1.54) is 30.3 Å². The number of Topliss-reactive ketones (excluding diaryl/α,β-unsaturated/α-hetero) is 1. The van der Waals surface area contributed by atoms with Crippen LogP contribution < -0.4 is 0 Å². The van der Waals surface area contributed by atoms with Crippen LogP contribution in [0.5, 0.6) is 0 Å². The lowest BCUT2D eigenvalue weighted by Gasteiger charge is -2.36. The van der Waals surface area contributed by atoms with Gasteiger partial charge in [0.2, 0.25) is 0 Å². The first-order valence-electron chi connectivity index (χ1n) is 11.7. The number of carbonyl (C=O) groups excluding carboxylic acids is 4. The minimum atomic E-state index is -1.31. The highest BCUT2D eigenvalue weighted by Gasteiger charge is 2.54. The Labute approximate surface area is 223 Å². The van der Waals surface area contributed by atoms with Crippen molar-refractivity contribution in [1.82, 2.24) is 10.0 Å². The summed E-state index contributed by atoms with van der Waals surface area (Å²) in [4.78, 5) is 54.7. The van der Waals surface area contributed by atoms with Crippen LogP contribution in [0.1, 0.15) is 53.3 Å². The van der Waals surface area contributed by atoms with Gasteiger partial charge < -0.3 is 0 Å². The molecule has 2 aliphatic rings. The Bertz CT molecular complexity index is 1210. The Morgan fingerprint density at radius 2 is 1.72 bits per heavy atom. The van der Waals surface area contributed by atoms with Crippen LogP contribution >= 0.6 is 34.8 Å². The van der Waals surface area contributed by atoms with E-state index in [1.807, 2.05) is 6.92 Å². The van der Waals surface area contributed by atoms with Crippen molar-refractivity contribution in [1.29, 1.82) is 0 Å². The van der Waals surface area contributed by atoms with Gasteiger partial charge in [-0.1, -0.05) is 30.1 Å². The molecule has 1 aliphatic heterocycles. The number of ketones is 1. The fourth-order valence-electron chi connectivity index (χ4n) is 5.02. The summed E-state index contributed by atoms with van der Waals surface area (Å²) in [5, 5.41) is 2.01. The summed E-state index contributed by atoms with van der Waals surface area (Å²) in [6.45, 7) is 2.02. The fourth-order valence-corrected chi connectivity index (χ4v) is 5.71. The molecule has 4 atom stereocenters. The summed E-state index contributed by atoms with van der Waals surface area (Å²) >= 11 is 18.3. The number of rotatable bonds is 7. The highest BCUT2D eigenvalue weighted by atomic mass is 35.5. The number of hydrazine groups is 1. The molecule has 190 valence electrons. The van der Waals surface area contributed by atoms with Crippen molar-refractivity contribution < 1.29 is 23.6 Å². The zero-order valence-corrected chi connectivity index (χ0v) is 21.7. The van der Waals surface area contributed by atoms with E-state index in [4.69, 9.17) is 34.8 Å². The number of amides is 3. The van der Waals surface area contributed by atoms with Gasteiger partial charge in [0.05, 0.1) is 22.4 Å². The largest absolute Gasteiger partial charge is 0.292 e. The van der Waals surface area contributed by atoms with Crippen molar-refractivity contribution in [3.05, 3.63) is 69.5 Å². The van der Waals surface area contributed by atoms with E-state index in [1.54, 1.807) is 0 Å². The van der Waals surface area contributed by atoms with E-state index in [0.29, 0.717) is 12.8 Å². The van der Waals surface area contributed by atoms with E-state index in [-0.39, 0.29) is 39.4 Å². The van der Waals surface area contributed by atoms with Gasteiger partial charge in [-0.15, -0.1) is 11.6 Å². The molecule has 0 spiro atoms. The van der Waals surface area contributed by atoms with Crippen LogP contribution in [-0.2, 0) is 9.59 Å². The smallest absolute Gasteiger partial charge is 0.275 e. The van der Waals surface area contributed by atoms with Crippen molar-refractivity contribution in [2.75, 3.05) is 5.88 Å². The van der Waals surface area contributed by atoms with Crippen LogP contribution in [0.4, 0.5) is 4.39 Å². The van der Waals surface area contributed by atoms with E-state index in [2.05, 4.69) is 0 Å². The Balaban J connectivity index is 1.82. The number of halogens is 4. The minimum Gasteiger partial charge on any atom is -0.292 e. The number of carbonyl (C=O) groups is 4. The van der Waals surface area contributed by atoms with Gasteiger partial charge in [0.15, 0.2) is 5.78 Å². The van der Waals surface area contributed by atoms with Gasteiger partial charge in [0.1, 0.15) is 11.9 Å². The van der Waals surface area contributed by atoms with Crippen molar-refractivity contribution in [3.63, 3.8) is 0 Å². The average Bonchev–Trinajstić information content (AvgIpc) is 3.08. The second-order valence-electron chi connectivity index (χ2n) is 9.26. The maximum absolute atomic E-state index is 13.9. The molecule has 3 amide bonds. The summed E-state index contributed by atoms with van der Waals surface area (Å²) in [6.07, 6.45) is 1.76. The number of alkyl halides is 1. The van der Waals surface area contributed by atoms with Crippen LogP contribution in [0.15, 0.2) is 42.5 Å². The molecule has 0 aromatic heterocycles. The predicted molar refractivity (Wildman–Crippen MR) is 134 cm³/mol. The molecule has 1 aliphatic carbocycles. The molecular formula is C26H24Cl3FN2O4. The Hall–Kier alpha value is -2.48. The predicted octanol–water partition coefficient (Wildman–Crippen LogP) is 5.79. The number of nitrogens with zero attached hydrogens (tertiary/aromatic N) is 2. The molecule has 36 heavy (non-hydrogen) atoms. The van der Waals surface area contributed by atoms with Crippen molar-refractivity contribution in [3.8, 4) is 0 Å². The first-order chi connectivity index (χ1) is 17.1. The van der Waals surface area contributed by atoms with Gasteiger partial charge in [-0.25, -0.2) is 9.40 Å². The third kappa shape index (κ3) is 5.01. The molecule has 10 heteroatoms. The first kappa shape index (κ1) is 26.6. The second kappa shape index (κ2) is 10.9. The quantitative estimate of drug-likeness (QED) is 0.247. The Morgan fingerprint density at radius 3 is 2.36 bits per heavy atom. The SMILES string of the molecule is C[C@@H]1CC[C@@H]2C(=O)N(N(C(=O)c3ccc(Cl)cc3Cl)[C@H](CCCl)C(=O)c3ccc(F)cc3)C(=O)[C@@H]2C1. The number of hydrogen-bond acceptors (Lipinski definition) is 4. The van der Waals surface area contributed by atoms with Crippen molar-refractivity contribution in [2.24, 2.45) is 17.8 Å². The summed E-state index contributed by atoms with van der Waals surface area (Å²) in [6, 6.07) is 7.69. The summed E-state index contributed by atoms with van der Waals surface area (Å²) in [5.74, 6) is -3.92. The molecule has 6 nitrogen and oxygen atoms in total. The molecule has 4 rings (SSSR count). The molecule has 0 radical (unpaired) electrons. The third-order valence-corrected chi connectivity index (χ3v) is 7.62. The second-order valence-corrected chi connectivity index (χ2v) is 10.5. The maximum Gasteiger partial charge on any atom is 0.275 e. The average molecular weight is 554 g/mol. The normalized spacial score (nSPS) is 22.4. The molecule has 2 aromatic carbocycles. The zero-order valence-electron chi connectivity index (χ0n) is 19.4. The number of imide groups is 1. The van der Waals surface area contributed by atoms with Crippen molar-refractivity contribution in [2.45, 2.75) is 38.6 Å². The van der Waals surface area contributed by atoms with E-state index < -0.39 is 47.2 Å². The molecule has 1 saturated heterocycles.